The van der Waals surface area contributed by atoms with Crippen molar-refractivity contribution in [3.05, 3.63) is 147 Å². The van der Waals surface area contributed by atoms with Gasteiger partial charge in [0.1, 0.15) is 17.2 Å². The zero-order chi connectivity index (χ0) is 83.8. The second-order valence-electron chi connectivity index (χ2n) is 23.1. The molecule has 0 unspecified atom stereocenters. The molecule has 50 heteroatoms. The van der Waals surface area contributed by atoms with Crippen molar-refractivity contribution >= 4 is 58.2 Å². The van der Waals surface area contributed by atoms with E-state index >= 15 is 0 Å². The summed E-state index contributed by atoms with van der Waals surface area (Å²) in [5.41, 5.74) is 4.02. The molecule has 0 heterocycles. The molecule has 5 aromatic carbocycles. The van der Waals surface area contributed by atoms with Gasteiger partial charge >= 0.3 is 0 Å². The minimum absolute atomic E-state index is 0.0296. The third kappa shape index (κ3) is 36.8. The average molecular weight is 1600 g/mol. The predicted molar refractivity (Wildman–Crippen MR) is 413 cm³/mol. The number of ether oxygens (including phenoxy) is 3. The number of allylic oxidation sites excluding steroid dienone is 5. The summed E-state index contributed by atoms with van der Waals surface area (Å²) in [4.78, 5) is 11.4. The number of hydrogen-bond acceptors (Lipinski definition) is 14. The summed E-state index contributed by atoms with van der Waals surface area (Å²) in [5, 5.41) is 185. The topological polar surface area (TPSA) is 660 Å². The molecule has 0 N–H and O–H groups in total. The molecule has 5 aromatic rings. The number of benzene rings is 5. The van der Waals surface area contributed by atoms with E-state index in [2.05, 4.69) is 253 Å². The Hall–Kier alpha value is -16.7. The molecule has 10 bridgehead atoms. The number of hydrogen-bond donors (Lipinski definition) is 0. The van der Waals surface area contributed by atoms with E-state index in [1.807, 2.05) is 0 Å². The van der Waals surface area contributed by atoms with Crippen LogP contribution in [0.4, 0.5) is 0 Å². The number of nitrogens with zero attached hydrogens (tertiary/aromatic N) is 45. The Morgan fingerprint density at radius 3 is 0.678 bits per heavy atom. The van der Waals surface area contributed by atoms with Gasteiger partial charge in [0.2, 0.25) is 0 Å². The SMILES string of the molecule is CCCCCCCCCCOc1cc2cc(c1)/C(C#N)=C/c1cc(OCCCCCCCCCC)cc(c1)/C(C#N)=C/c1cc(ON=NN=NN=NN=NN=NN=NN=NN=NN=NN=NC)cc(c1)/C(C#N)=C/c1cc(ON=NN=NN=NN=NN=NN=NN=NN=NN=NN=NC)cc(c1)/C(C#N)=C/c1cc(OC)cc(c1)/C(C#N)=C/2. The van der Waals surface area contributed by atoms with Gasteiger partial charge in [-0.2, -0.15) is 36.5 Å². The summed E-state index contributed by atoms with van der Waals surface area (Å²) in [7, 11) is 4.20. The number of fused-ring (bicyclic) bond motifs is 10. The van der Waals surface area contributed by atoms with Gasteiger partial charge in [0.15, 0.2) is 11.5 Å². The fourth-order valence-electron chi connectivity index (χ4n) is 10.1. The van der Waals surface area contributed by atoms with Crippen molar-refractivity contribution in [2.24, 2.45) is 209 Å². The zero-order valence-corrected chi connectivity index (χ0v) is 63.9. The normalized spacial score (nSPS) is 15.6. The Labute approximate surface area is 671 Å². The molecule has 6 rings (SSSR count). The second kappa shape index (κ2) is 57.3. The van der Waals surface area contributed by atoms with E-state index in [4.69, 9.17) is 23.9 Å². The maximum absolute atomic E-state index is 11.2. The average Bonchev–Trinajstić information content (AvgIpc) is 0.894. The molecule has 0 amide bonds. The van der Waals surface area contributed by atoms with E-state index in [1.54, 1.807) is 91.0 Å². The number of rotatable bonds is 43. The molecule has 118 heavy (non-hydrogen) atoms. The van der Waals surface area contributed by atoms with Crippen LogP contribution in [0.15, 0.2) is 300 Å². The second-order valence-corrected chi connectivity index (χ2v) is 23.1. The molecule has 0 spiro atoms. The molecular weight excluding hydrogens is 1530 g/mol. The molecule has 50 nitrogen and oxygen atoms in total. The van der Waals surface area contributed by atoms with Crippen molar-refractivity contribution in [3.63, 3.8) is 0 Å². The molecular formula is C68H71N45O5. The number of unbranched alkanes of at least 4 members (excludes halogenated alkanes) is 14. The molecule has 1 aliphatic carbocycles. The lowest BCUT2D eigenvalue weighted by atomic mass is 9.96. The minimum atomic E-state index is -0.0607. The zero-order valence-electron chi connectivity index (χ0n) is 63.9. The van der Waals surface area contributed by atoms with Gasteiger partial charge in [-0.1, -0.05) is 104 Å². The lowest BCUT2D eigenvalue weighted by Crippen LogP contribution is -1.99. The fourth-order valence-corrected chi connectivity index (χ4v) is 10.1. The van der Waals surface area contributed by atoms with E-state index in [9.17, 15) is 26.3 Å². The highest BCUT2D eigenvalue weighted by Gasteiger charge is 2.17. The molecule has 598 valence electrons. The molecule has 0 atom stereocenters. The Morgan fingerprint density at radius 2 is 0.441 bits per heavy atom. The van der Waals surface area contributed by atoms with E-state index in [-0.39, 0.29) is 61.6 Å². The van der Waals surface area contributed by atoms with Gasteiger partial charge in [0.25, 0.3) is 0 Å². The first kappa shape index (κ1) is 90.1. The van der Waals surface area contributed by atoms with Crippen LogP contribution in [0.5, 0.6) is 28.7 Å². The van der Waals surface area contributed by atoms with Gasteiger partial charge in [-0.25, -0.2) is 0 Å². The molecule has 0 fully saturated rings. The monoisotopic (exact) mass is 1600 g/mol. The van der Waals surface area contributed by atoms with Crippen molar-refractivity contribution in [2.75, 3.05) is 34.4 Å². The highest BCUT2D eigenvalue weighted by atomic mass is 16.6. The van der Waals surface area contributed by atoms with Crippen molar-refractivity contribution < 1.29 is 23.9 Å². The van der Waals surface area contributed by atoms with E-state index in [0.29, 0.717) is 63.8 Å². The van der Waals surface area contributed by atoms with Crippen LogP contribution in [0, 0.1) is 56.7 Å². The lowest BCUT2D eigenvalue weighted by Gasteiger charge is -2.12. The summed E-state index contributed by atoms with van der Waals surface area (Å²) >= 11 is 0. The quantitative estimate of drug-likeness (QED) is 0.0202. The fraction of sp³-hybridized carbons (Fsp3) is 0.338. The highest BCUT2D eigenvalue weighted by Crippen LogP contribution is 2.36. The summed E-state index contributed by atoms with van der Waals surface area (Å²) < 4.78 is 18.7. The van der Waals surface area contributed by atoms with Crippen LogP contribution < -0.4 is 23.9 Å². The predicted octanol–water partition coefficient (Wildman–Crippen LogP) is 24.7. The van der Waals surface area contributed by atoms with Crippen molar-refractivity contribution in [1.29, 1.82) is 26.3 Å². The van der Waals surface area contributed by atoms with Gasteiger partial charge in [-0.15, -0.1) is 0 Å². The van der Waals surface area contributed by atoms with Gasteiger partial charge in [0, 0.05) is 104 Å². The largest absolute Gasteiger partial charge is 0.497 e. The molecule has 0 aliphatic heterocycles. The third-order valence-corrected chi connectivity index (χ3v) is 15.0. The summed E-state index contributed by atoms with van der Waals surface area (Å²) in [6.07, 6.45) is 25.0. The van der Waals surface area contributed by atoms with Crippen LogP contribution in [0.3, 0.4) is 0 Å². The molecule has 0 radical (unpaired) electrons. The Morgan fingerprint density at radius 1 is 0.237 bits per heavy atom. The van der Waals surface area contributed by atoms with Gasteiger partial charge in [0.05, 0.1) is 103 Å². The minimum Gasteiger partial charge on any atom is -0.497 e. The first-order valence-corrected chi connectivity index (χ1v) is 35.4. The Bertz CT molecular complexity index is 5160. The van der Waals surface area contributed by atoms with Crippen LogP contribution in [0.1, 0.15) is 172 Å². The molecule has 1 aliphatic rings. The number of nitriles is 5. The van der Waals surface area contributed by atoms with Crippen molar-refractivity contribution in [3.8, 4) is 59.1 Å². The first-order chi connectivity index (χ1) is 58.2. The van der Waals surface area contributed by atoms with Gasteiger partial charge < -0.3 is 23.9 Å². The van der Waals surface area contributed by atoms with Gasteiger partial charge in [-0.3, -0.25) is 0 Å². The van der Waals surface area contributed by atoms with Crippen LogP contribution in [0.2, 0.25) is 0 Å². The Balaban J connectivity index is 1.50. The standard InChI is InChI=1S/C68H71N45O5/c1-6-8-10-12-14-16-18-20-22-115-65-35-50-25-55(40-65)60(45-70)31-51-26-56(41-66(36-51)116-23-21-19-17-15-13-11-9-7-2)61(46-71)32-52-27-58(43-67(37-52)117-112-110-108-106-104-102-100-98-96-94-92-90-88-86-84-82-80-78-76-74-3)63(48-73)33-53-28-57(62(47-72)29-49-24-54(59(30-50)44-69)39-64(34-49)114-5)42-68(38-53)118-113-111-109-107-105-103-101-99-97-95-93-91-89-87-85-83-81-79-77-75-4/h24-43H,6-23H2,1-5H3/b59-30+,60-31+,61-32+,62-29+,63-33+,76-74?,77-75?,80-78?,81-79?,84-82?,85-83?,88-86?,89-87?,92-90?,93-91?,96-94?,97-95?,100-98?,101-99?,104-102?,105-103?,108-106?,109-107?,112-110?,113-111?. The number of methoxy groups -OCH3 is 1. The molecule has 0 saturated heterocycles. The third-order valence-electron chi connectivity index (χ3n) is 15.0. The summed E-state index contributed by atoms with van der Waals surface area (Å²) in [6.45, 7) is 5.11. The van der Waals surface area contributed by atoms with E-state index < -0.39 is 0 Å². The van der Waals surface area contributed by atoms with Crippen LogP contribution in [-0.4, -0.2) is 34.4 Å². The Kier molecular flexibility index (Phi) is 43.8. The lowest BCUT2D eigenvalue weighted by molar-refractivity contribution is 0.303. The van der Waals surface area contributed by atoms with E-state index in [1.165, 1.54) is 83.7 Å². The van der Waals surface area contributed by atoms with Crippen LogP contribution in [0.25, 0.3) is 58.2 Å². The summed E-state index contributed by atoms with van der Waals surface area (Å²) in [6, 6.07) is 36.1. The van der Waals surface area contributed by atoms with Gasteiger partial charge in [-0.05, 0) is 273 Å². The van der Waals surface area contributed by atoms with Crippen LogP contribution >= 0.6 is 0 Å². The summed E-state index contributed by atoms with van der Waals surface area (Å²) in [5.74, 6) is 1.06. The maximum Gasteiger partial charge on any atom is 0.161 e. The molecule has 0 aromatic heterocycles. The maximum atomic E-state index is 11.2. The van der Waals surface area contributed by atoms with Crippen LogP contribution in [-0.2, 0) is 0 Å². The van der Waals surface area contributed by atoms with Crippen molar-refractivity contribution in [1.82, 2.24) is 0 Å². The first-order valence-electron chi connectivity index (χ1n) is 35.4. The van der Waals surface area contributed by atoms with E-state index in [0.717, 1.165) is 70.6 Å². The smallest absolute Gasteiger partial charge is 0.161 e. The van der Waals surface area contributed by atoms with Crippen molar-refractivity contribution in [2.45, 2.75) is 117 Å². The highest BCUT2D eigenvalue weighted by molar-refractivity contribution is 5.98. The molecule has 0 saturated carbocycles.